The van der Waals surface area contributed by atoms with Gasteiger partial charge in [0.25, 0.3) is 0 Å². The van der Waals surface area contributed by atoms with E-state index in [0.29, 0.717) is 43.5 Å². The summed E-state index contributed by atoms with van der Waals surface area (Å²) in [6, 6.07) is 7.04. The van der Waals surface area contributed by atoms with Crippen molar-refractivity contribution in [2.75, 3.05) is 38.1 Å². The average Bonchev–Trinajstić information content (AvgIpc) is 2.55. The number of hydrogen-bond donors (Lipinski definition) is 1. The number of nitrogens with zero attached hydrogens (tertiary/aromatic N) is 2. The normalized spacial score (nSPS) is 14.4. The molecule has 7 heteroatoms. The summed E-state index contributed by atoms with van der Waals surface area (Å²) in [7, 11) is 0. The quantitative estimate of drug-likeness (QED) is 0.513. The lowest BCUT2D eigenvalue weighted by Crippen LogP contribution is -2.49. The van der Waals surface area contributed by atoms with E-state index in [0.717, 1.165) is 12.1 Å². The van der Waals surface area contributed by atoms with Gasteiger partial charge in [0.05, 0.1) is 12.2 Å². The molecule has 1 N–H and O–H groups in total. The van der Waals surface area contributed by atoms with Gasteiger partial charge in [-0.1, -0.05) is 6.07 Å². The summed E-state index contributed by atoms with van der Waals surface area (Å²) in [5.41, 5.74) is 1.23. The van der Waals surface area contributed by atoms with Crippen molar-refractivity contribution in [3.05, 3.63) is 29.8 Å². The van der Waals surface area contributed by atoms with Gasteiger partial charge < -0.3 is 19.9 Å². The van der Waals surface area contributed by atoms with Crippen molar-refractivity contribution in [3.63, 3.8) is 0 Å². The van der Waals surface area contributed by atoms with E-state index in [1.165, 1.54) is 0 Å². The number of carbonyl (C=O) groups excluding carboxylic acids is 2. The molecule has 0 saturated carbocycles. The van der Waals surface area contributed by atoms with E-state index in [1.54, 1.807) is 30.0 Å². The van der Waals surface area contributed by atoms with Crippen molar-refractivity contribution in [2.45, 2.75) is 6.92 Å². The Balaban J connectivity index is 1.95. The number of piperazine rings is 1. The first-order chi connectivity index (χ1) is 10.6. The third-order valence-electron chi connectivity index (χ3n) is 3.38. The highest BCUT2D eigenvalue weighted by molar-refractivity contribution is 7.80. The van der Waals surface area contributed by atoms with E-state index in [4.69, 9.17) is 17.0 Å². The van der Waals surface area contributed by atoms with Crippen LogP contribution in [0.4, 0.5) is 5.69 Å². The minimum atomic E-state index is -0.350. The SMILES string of the molecule is CCOC(=O)c1cccc(NC(=S)N2CCN(C=O)CC2)c1. The molecule has 1 saturated heterocycles. The van der Waals surface area contributed by atoms with E-state index in [2.05, 4.69) is 5.32 Å². The summed E-state index contributed by atoms with van der Waals surface area (Å²) in [6.45, 7) is 4.83. The second kappa shape index (κ2) is 7.74. The fourth-order valence-electron chi connectivity index (χ4n) is 2.17. The molecule has 0 aromatic heterocycles. The number of carbonyl (C=O) groups is 2. The lowest BCUT2D eigenvalue weighted by atomic mass is 10.2. The molecule has 1 aromatic rings. The molecule has 0 bridgehead atoms. The van der Waals surface area contributed by atoms with E-state index >= 15 is 0 Å². The van der Waals surface area contributed by atoms with Gasteiger partial charge in [0.2, 0.25) is 6.41 Å². The fraction of sp³-hybridized carbons (Fsp3) is 0.400. The maximum atomic E-state index is 11.7. The number of rotatable bonds is 4. The summed E-state index contributed by atoms with van der Waals surface area (Å²) in [5, 5.41) is 3.71. The zero-order valence-corrected chi connectivity index (χ0v) is 13.3. The van der Waals surface area contributed by atoms with E-state index in [-0.39, 0.29) is 5.97 Å². The van der Waals surface area contributed by atoms with Crippen molar-refractivity contribution < 1.29 is 14.3 Å². The number of amides is 1. The highest BCUT2D eigenvalue weighted by Gasteiger charge is 2.18. The first-order valence-electron chi connectivity index (χ1n) is 7.16. The molecule has 0 radical (unpaired) electrons. The van der Waals surface area contributed by atoms with Gasteiger partial charge in [-0.15, -0.1) is 0 Å². The molecule has 0 aliphatic carbocycles. The van der Waals surface area contributed by atoms with Crippen LogP contribution in [0.2, 0.25) is 0 Å². The average molecular weight is 321 g/mol. The van der Waals surface area contributed by atoms with Crippen LogP contribution in [0.3, 0.4) is 0 Å². The van der Waals surface area contributed by atoms with Crippen molar-refractivity contribution in [3.8, 4) is 0 Å². The monoisotopic (exact) mass is 321 g/mol. The number of esters is 1. The Morgan fingerprint density at radius 3 is 2.73 bits per heavy atom. The van der Waals surface area contributed by atoms with E-state index in [9.17, 15) is 9.59 Å². The minimum Gasteiger partial charge on any atom is -0.462 e. The van der Waals surface area contributed by atoms with Crippen LogP contribution in [0.1, 0.15) is 17.3 Å². The van der Waals surface area contributed by atoms with Gasteiger partial charge in [0.15, 0.2) is 5.11 Å². The Hall–Kier alpha value is -2.15. The van der Waals surface area contributed by atoms with E-state index in [1.807, 2.05) is 11.0 Å². The lowest BCUT2D eigenvalue weighted by molar-refractivity contribution is -0.119. The van der Waals surface area contributed by atoms with Crippen LogP contribution in [0.25, 0.3) is 0 Å². The molecule has 1 aliphatic rings. The zero-order chi connectivity index (χ0) is 15.9. The van der Waals surface area contributed by atoms with Crippen LogP contribution in [0.15, 0.2) is 24.3 Å². The predicted octanol–water partition coefficient (Wildman–Crippen LogP) is 1.33. The standard InChI is InChI=1S/C15H19N3O3S/c1-2-21-14(20)12-4-3-5-13(10-12)16-15(22)18-8-6-17(11-19)7-9-18/h3-5,10-11H,2,6-9H2,1H3,(H,16,22). The zero-order valence-electron chi connectivity index (χ0n) is 12.4. The molecule has 1 aromatic carbocycles. The second-order valence-corrected chi connectivity index (χ2v) is 5.25. The third-order valence-corrected chi connectivity index (χ3v) is 3.74. The number of thiocarbonyl (C=S) groups is 1. The molecule has 0 spiro atoms. The lowest BCUT2D eigenvalue weighted by Gasteiger charge is -2.34. The second-order valence-electron chi connectivity index (χ2n) is 4.86. The molecule has 0 atom stereocenters. The fourth-order valence-corrected chi connectivity index (χ4v) is 2.47. The summed E-state index contributed by atoms with van der Waals surface area (Å²) < 4.78 is 4.98. The van der Waals surface area contributed by atoms with Crippen LogP contribution in [0.5, 0.6) is 0 Å². The third kappa shape index (κ3) is 4.17. The number of benzene rings is 1. The van der Waals surface area contributed by atoms with E-state index < -0.39 is 0 Å². The minimum absolute atomic E-state index is 0.343. The molecular weight excluding hydrogens is 302 g/mol. The Bertz CT molecular complexity index is 557. The van der Waals surface area contributed by atoms with Crippen LogP contribution in [0, 0.1) is 0 Å². The Labute approximate surface area is 135 Å². The molecule has 1 fully saturated rings. The maximum Gasteiger partial charge on any atom is 0.338 e. The van der Waals surface area contributed by atoms with Crippen molar-refractivity contribution >= 4 is 35.4 Å². The van der Waals surface area contributed by atoms with Gasteiger partial charge in [0.1, 0.15) is 0 Å². The van der Waals surface area contributed by atoms with Crippen molar-refractivity contribution in [1.29, 1.82) is 0 Å². The summed E-state index contributed by atoms with van der Waals surface area (Å²) >= 11 is 5.38. The molecule has 118 valence electrons. The smallest absolute Gasteiger partial charge is 0.338 e. The molecule has 2 rings (SSSR count). The van der Waals surface area contributed by atoms with Crippen LogP contribution in [-0.2, 0) is 9.53 Å². The molecule has 1 amide bonds. The van der Waals surface area contributed by atoms with Gasteiger partial charge in [-0.25, -0.2) is 4.79 Å². The molecule has 22 heavy (non-hydrogen) atoms. The molecule has 6 nitrogen and oxygen atoms in total. The summed E-state index contributed by atoms with van der Waals surface area (Å²) in [5.74, 6) is -0.350. The Morgan fingerprint density at radius 1 is 1.36 bits per heavy atom. The Morgan fingerprint density at radius 2 is 2.09 bits per heavy atom. The largest absolute Gasteiger partial charge is 0.462 e. The summed E-state index contributed by atoms with van der Waals surface area (Å²) in [4.78, 5) is 26.1. The van der Waals surface area contributed by atoms with Gasteiger partial charge in [-0.2, -0.15) is 0 Å². The van der Waals surface area contributed by atoms with Crippen LogP contribution in [-0.4, -0.2) is 60.1 Å². The van der Waals surface area contributed by atoms with Crippen LogP contribution >= 0.6 is 12.2 Å². The highest BCUT2D eigenvalue weighted by atomic mass is 32.1. The first-order valence-corrected chi connectivity index (χ1v) is 7.57. The van der Waals surface area contributed by atoms with Gasteiger partial charge in [-0.05, 0) is 37.3 Å². The first kappa shape index (κ1) is 16.2. The number of hydrogen-bond acceptors (Lipinski definition) is 4. The molecule has 1 aliphatic heterocycles. The molecule has 1 heterocycles. The van der Waals surface area contributed by atoms with Crippen molar-refractivity contribution in [1.82, 2.24) is 9.80 Å². The maximum absolute atomic E-state index is 11.7. The molecular formula is C15H19N3O3S. The van der Waals surface area contributed by atoms with Crippen LogP contribution < -0.4 is 5.32 Å². The van der Waals surface area contributed by atoms with Gasteiger partial charge in [0, 0.05) is 31.9 Å². The van der Waals surface area contributed by atoms with Gasteiger partial charge >= 0.3 is 5.97 Å². The summed E-state index contributed by atoms with van der Waals surface area (Å²) in [6.07, 6.45) is 0.858. The number of nitrogens with one attached hydrogen (secondary N) is 1. The van der Waals surface area contributed by atoms with Gasteiger partial charge in [-0.3, -0.25) is 4.79 Å². The highest BCUT2D eigenvalue weighted by Crippen LogP contribution is 2.13. The number of ether oxygens (including phenoxy) is 1. The topological polar surface area (TPSA) is 61.9 Å². The predicted molar refractivity (Wildman–Crippen MR) is 87.8 cm³/mol. The number of anilines is 1. The Kier molecular flexibility index (Phi) is 5.71. The molecule has 0 unspecified atom stereocenters. The van der Waals surface area contributed by atoms with Crippen molar-refractivity contribution in [2.24, 2.45) is 0 Å².